The van der Waals surface area contributed by atoms with Crippen LogP contribution >= 0.6 is 0 Å². The molecule has 88 valence electrons. The first-order chi connectivity index (χ1) is 8.24. The van der Waals surface area contributed by atoms with E-state index in [2.05, 4.69) is 0 Å². The van der Waals surface area contributed by atoms with Crippen LogP contribution in [-0.4, -0.2) is 17.9 Å². The number of carbonyl (C=O) groups excluding carboxylic acids is 2. The van der Waals surface area contributed by atoms with E-state index in [9.17, 15) is 9.59 Å². The van der Waals surface area contributed by atoms with E-state index in [4.69, 9.17) is 4.74 Å². The number of benzene rings is 1. The zero-order valence-corrected chi connectivity index (χ0v) is 9.57. The summed E-state index contributed by atoms with van der Waals surface area (Å²) in [5.74, 6) is -0.310. The van der Waals surface area contributed by atoms with E-state index in [-0.39, 0.29) is 11.8 Å². The molecule has 1 saturated heterocycles. The smallest absolute Gasteiger partial charge is 0.306 e. The number of hydrogen-bond acceptors (Lipinski definition) is 3. The van der Waals surface area contributed by atoms with E-state index in [1.165, 1.54) is 17.5 Å². The lowest BCUT2D eigenvalue weighted by Crippen LogP contribution is -2.20. The number of ether oxygens (including phenoxy) is 1. The maximum atomic E-state index is 12.1. The molecule has 3 heteroatoms. The molecule has 0 saturated carbocycles. The Kier molecular flexibility index (Phi) is 2.46. The summed E-state index contributed by atoms with van der Waals surface area (Å²) in [6.07, 6.45) is 3.67. The lowest BCUT2D eigenvalue weighted by atomic mass is 10.00. The fourth-order valence-electron chi connectivity index (χ4n) is 2.62. The fraction of sp³-hybridized carbons (Fsp3) is 0.429. The molecule has 1 heterocycles. The van der Waals surface area contributed by atoms with Gasteiger partial charge in [-0.25, -0.2) is 0 Å². The van der Waals surface area contributed by atoms with Crippen molar-refractivity contribution in [2.75, 3.05) is 0 Å². The van der Waals surface area contributed by atoms with Crippen LogP contribution in [-0.2, 0) is 22.4 Å². The highest BCUT2D eigenvalue weighted by Gasteiger charge is 2.30. The Bertz CT molecular complexity index is 490. The Balaban J connectivity index is 1.84. The molecule has 0 aromatic heterocycles. The number of rotatable bonds is 2. The predicted octanol–water partition coefficient (Wildman–Crippen LogP) is 2.06. The molecule has 0 bridgehead atoms. The minimum Gasteiger partial charge on any atom is -0.454 e. The molecule has 2 aliphatic rings. The van der Waals surface area contributed by atoms with Gasteiger partial charge >= 0.3 is 5.97 Å². The van der Waals surface area contributed by atoms with Crippen molar-refractivity contribution in [1.29, 1.82) is 0 Å². The summed E-state index contributed by atoms with van der Waals surface area (Å²) in [5, 5.41) is 0. The molecule has 1 aromatic carbocycles. The molecule has 3 rings (SSSR count). The van der Waals surface area contributed by atoms with Crippen LogP contribution in [0, 0.1) is 0 Å². The SMILES string of the molecule is O=C1CCC(C(=O)c2ccc3c(c2)CCC3)O1. The average molecular weight is 230 g/mol. The van der Waals surface area contributed by atoms with Crippen molar-refractivity contribution >= 4 is 11.8 Å². The molecular weight excluding hydrogens is 216 g/mol. The van der Waals surface area contributed by atoms with E-state index >= 15 is 0 Å². The van der Waals surface area contributed by atoms with Gasteiger partial charge in [-0.1, -0.05) is 12.1 Å². The number of carbonyl (C=O) groups is 2. The molecule has 0 N–H and O–H groups in total. The van der Waals surface area contributed by atoms with Crippen molar-refractivity contribution in [3.8, 4) is 0 Å². The highest BCUT2D eigenvalue weighted by atomic mass is 16.6. The van der Waals surface area contributed by atoms with Crippen LogP contribution in [0.15, 0.2) is 18.2 Å². The first-order valence-electron chi connectivity index (χ1n) is 6.09. The van der Waals surface area contributed by atoms with Crippen molar-refractivity contribution in [3.63, 3.8) is 0 Å². The van der Waals surface area contributed by atoms with Gasteiger partial charge in [-0.15, -0.1) is 0 Å². The Morgan fingerprint density at radius 2 is 2.00 bits per heavy atom. The van der Waals surface area contributed by atoms with Gasteiger partial charge in [0.1, 0.15) is 0 Å². The highest BCUT2D eigenvalue weighted by Crippen LogP contribution is 2.25. The van der Waals surface area contributed by atoms with Gasteiger partial charge in [-0.05, 0) is 36.5 Å². The molecule has 0 amide bonds. The Hall–Kier alpha value is -1.64. The molecular formula is C14H14O3. The van der Waals surface area contributed by atoms with Gasteiger partial charge < -0.3 is 4.74 Å². The Morgan fingerprint density at radius 1 is 1.18 bits per heavy atom. The van der Waals surface area contributed by atoms with Gasteiger partial charge in [0.15, 0.2) is 6.10 Å². The molecule has 1 aromatic rings. The van der Waals surface area contributed by atoms with E-state index in [0.717, 1.165) is 12.8 Å². The second kappa shape index (κ2) is 3.99. The van der Waals surface area contributed by atoms with Gasteiger partial charge in [0.2, 0.25) is 5.78 Å². The normalized spacial score (nSPS) is 22.4. The van der Waals surface area contributed by atoms with Crippen LogP contribution in [0.4, 0.5) is 0 Å². The van der Waals surface area contributed by atoms with Crippen molar-refractivity contribution in [1.82, 2.24) is 0 Å². The van der Waals surface area contributed by atoms with Gasteiger partial charge in [-0.3, -0.25) is 9.59 Å². The minimum atomic E-state index is -0.554. The minimum absolute atomic E-state index is 0.0504. The summed E-state index contributed by atoms with van der Waals surface area (Å²) in [6, 6.07) is 5.86. The van der Waals surface area contributed by atoms with Crippen molar-refractivity contribution in [3.05, 3.63) is 34.9 Å². The fourth-order valence-corrected chi connectivity index (χ4v) is 2.62. The van der Waals surface area contributed by atoms with Crippen molar-refractivity contribution in [2.24, 2.45) is 0 Å². The van der Waals surface area contributed by atoms with Crippen LogP contribution in [0.3, 0.4) is 0 Å². The van der Waals surface area contributed by atoms with Crippen LogP contribution in [0.1, 0.15) is 40.7 Å². The third kappa shape index (κ3) is 1.86. The van der Waals surface area contributed by atoms with Gasteiger partial charge in [-0.2, -0.15) is 0 Å². The zero-order chi connectivity index (χ0) is 11.8. The number of esters is 1. The maximum Gasteiger partial charge on any atom is 0.306 e. The number of fused-ring (bicyclic) bond motifs is 1. The van der Waals surface area contributed by atoms with E-state index < -0.39 is 6.10 Å². The first kappa shape index (κ1) is 10.5. The zero-order valence-electron chi connectivity index (χ0n) is 9.57. The third-order valence-corrected chi connectivity index (χ3v) is 3.56. The summed E-state index contributed by atoms with van der Waals surface area (Å²) in [6.45, 7) is 0. The molecule has 1 unspecified atom stereocenters. The maximum absolute atomic E-state index is 12.1. The highest BCUT2D eigenvalue weighted by molar-refractivity contribution is 6.01. The molecule has 17 heavy (non-hydrogen) atoms. The molecule has 3 nitrogen and oxygen atoms in total. The van der Waals surface area contributed by atoms with Crippen molar-refractivity contribution < 1.29 is 14.3 Å². The van der Waals surface area contributed by atoms with E-state index in [1.807, 2.05) is 18.2 Å². The van der Waals surface area contributed by atoms with Crippen LogP contribution in [0.2, 0.25) is 0 Å². The Labute approximate surface area is 99.8 Å². The summed E-state index contributed by atoms with van der Waals surface area (Å²) in [7, 11) is 0. The number of Topliss-reactive ketones (excluding diaryl/α,β-unsaturated/α-hetero) is 1. The number of hydrogen-bond donors (Lipinski definition) is 0. The van der Waals surface area contributed by atoms with Gasteiger partial charge in [0, 0.05) is 18.4 Å². The third-order valence-electron chi connectivity index (χ3n) is 3.56. The summed E-state index contributed by atoms with van der Waals surface area (Å²) >= 11 is 0. The number of aryl methyl sites for hydroxylation is 2. The standard InChI is InChI=1S/C14H14O3/c15-13-7-6-12(17-13)14(16)11-5-4-9-2-1-3-10(9)8-11/h4-5,8,12H,1-3,6-7H2. The summed E-state index contributed by atoms with van der Waals surface area (Å²) < 4.78 is 5.01. The monoisotopic (exact) mass is 230 g/mol. The number of ketones is 1. The molecule has 0 spiro atoms. The van der Waals surface area contributed by atoms with Gasteiger partial charge in [0.25, 0.3) is 0 Å². The second-order valence-electron chi connectivity index (χ2n) is 4.72. The molecule has 0 radical (unpaired) electrons. The Morgan fingerprint density at radius 3 is 2.76 bits per heavy atom. The lowest BCUT2D eigenvalue weighted by molar-refractivity contribution is -0.140. The molecule has 1 fully saturated rings. The van der Waals surface area contributed by atoms with Crippen molar-refractivity contribution in [2.45, 2.75) is 38.2 Å². The lowest BCUT2D eigenvalue weighted by Gasteiger charge is -2.09. The molecule has 1 atom stereocenters. The number of cyclic esters (lactones) is 1. The molecule has 1 aliphatic carbocycles. The average Bonchev–Trinajstić information content (AvgIpc) is 2.95. The van der Waals surface area contributed by atoms with E-state index in [1.54, 1.807) is 0 Å². The predicted molar refractivity (Wildman–Crippen MR) is 61.9 cm³/mol. The second-order valence-corrected chi connectivity index (χ2v) is 4.72. The first-order valence-corrected chi connectivity index (χ1v) is 6.09. The summed E-state index contributed by atoms with van der Waals surface area (Å²) in [4.78, 5) is 23.1. The van der Waals surface area contributed by atoms with Gasteiger partial charge in [0.05, 0.1) is 0 Å². The quantitative estimate of drug-likeness (QED) is 0.577. The topological polar surface area (TPSA) is 43.4 Å². The molecule has 1 aliphatic heterocycles. The largest absolute Gasteiger partial charge is 0.454 e. The van der Waals surface area contributed by atoms with E-state index in [0.29, 0.717) is 18.4 Å². The van der Waals surface area contributed by atoms with Crippen LogP contribution < -0.4 is 0 Å². The van der Waals surface area contributed by atoms with Crippen LogP contribution in [0.5, 0.6) is 0 Å². The van der Waals surface area contributed by atoms with Crippen LogP contribution in [0.25, 0.3) is 0 Å². The summed E-state index contributed by atoms with van der Waals surface area (Å²) in [5.41, 5.74) is 3.32.